The lowest BCUT2D eigenvalue weighted by Crippen LogP contribution is -2.48. The van der Waals surface area contributed by atoms with Crippen LogP contribution in [0.1, 0.15) is 26.7 Å². The Labute approximate surface area is 234 Å². The van der Waals surface area contributed by atoms with Crippen molar-refractivity contribution in [3.63, 3.8) is 0 Å². The zero-order chi connectivity index (χ0) is 28.1. The van der Waals surface area contributed by atoms with Crippen molar-refractivity contribution in [3.05, 3.63) is 58.6 Å². The van der Waals surface area contributed by atoms with Crippen LogP contribution in [0, 0.1) is 0 Å². The van der Waals surface area contributed by atoms with Gasteiger partial charge >= 0.3 is 12.1 Å². The molecule has 0 aliphatic carbocycles. The minimum Gasteiger partial charge on any atom is -0.442 e. The highest BCUT2D eigenvalue weighted by molar-refractivity contribution is 7.89. The van der Waals surface area contributed by atoms with E-state index >= 15 is 0 Å². The summed E-state index contributed by atoms with van der Waals surface area (Å²) in [5.74, 6) is 0. The van der Waals surface area contributed by atoms with E-state index in [9.17, 15) is 18.0 Å². The molecule has 0 spiro atoms. The van der Waals surface area contributed by atoms with Crippen molar-refractivity contribution in [2.75, 3.05) is 38.7 Å². The SMILES string of the molecule is COCC(CN(CCCCNS(=O)(=O)c1ccc(Cl)cc1Cl)C(=O)NC(C)C)OC(=O)Nc1ccccc1. The van der Waals surface area contributed by atoms with Gasteiger partial charge in [-0.05, 0) is 57.0 Å². The molecule has 13 heteroatoms. The molecule has 210 valence electrons. The molecule has 0 fully saturated rings. The molecule has 1 atom stereocenters. The second-order valence-electron chi connectivity index (χ2n) is 8.70. The van der Waals surface area contributed by atoms with E-state index in [1.165, 1.54) is 30.2 Å². The van der Waals surface area contributed by atoms with Gasteiger partial charge in [0.2, 0.25) is 10.0 Å². The number of nitrogens with zero attached hydrogens (tertiary/aromatic N) is 1. The number of hydrogen-bond donors (Lipinski definition) is 3. The van der Waals surface area contributed by atoms with Crippen LogP contribution in [0.4, 0.5) is 15.3 Å². The number of methoxy groups -OCH3 is 1. The summed E-state index contributed by atoms with van der Waals surface area (Å²) in [5, 5.41) is 5.84. The highest BCUT2D eigenvalue weighted by Gasteiger charge is 2.23. The van der Waals surface area contributed by atoms with Gasteiger partial charge in [-0.2, -0.15) is 0 Å². The maximum atomic E-state index is 12.8. The van der Waals surface area contributed by atoms with Crippen LogP contribution in [0.15, 0.2) is 53.4 Å². The summed E-state index contributed by atoms with van der Waals surface area (Å²) in [4.78, 5) is 26.7. The summed E-state index contributed by atoms with van der Waals surface area (Å²) < 4.78 is 38.3. The number of halogens is 2. The van der Waals surface area contributed by atoms with Gasteiger partial charge in [-0.25, -0.2) is 22.7 Å². The molecule has 0 saturated heterocycles. The molecule has 0 bridgehead atoms. The maximum Gasteiger partial charge on any atom is 0.412 e. The second-order valence-corrected chi connectivity index (χ2v) is 11.3. The zero-order valence-electron chi connectivity index (χ0n) is 21.6. The number of sulfonamides is 1. The second kappa shape index (κ2) is 15.7. The fraction of sp³-hybridized carbons (Fsp3) is 0.440. The first-order valence-corrected chi connectivity index (χ1v) is 14.3. The Morgan fingerprint density at radius 1 is 1.05 bits per heavy atom. The third kappa shape index (κ3) is 11.0. The number of carbonyl (C=O) groups excluding carboxylic acids is 2. The summed E-state index contributed by atoms with van der Waals surface area (Å²) in [6, 6.07) is 12.6. The molecule has 0 radical (unpaired) electrons. The van der Waals surface area contributed by atoms with Gasteiger partial charge in [0.1, 0.15) is 11.0 Å². The van der Waals surface area contributed by atoms with Crippen molar-refractivity contribution in [3.8, 4) is 0 Å². The van der Waals surface area contributed by atoms with E-state index < -0.39 is 22.2 Å². The zero-order valence-corrected chi connectivity index (χ0v) is 23.9. The third-order valence-electron chi connectivity index (χ3n) is 5.10. The summed E-state index contributed by atoms with van der Waals surface area (Å²) in [6.45, 7) is 4.27. The summed E-state index contributed by atoms with van der Waals surface area (Å²) in [7, 11) is -2.35. The molecule has 2 aromatic rings. The van der Waals surface area contributed by atoms with E-state index in [1.807, 2.05) is 19.9 Å². The molecule has 0 aromatic heterocycles. The lowest BCUT2D eigenvalue weighted by molar-refractivity contribution is 0.0301. The van der Waals surface area contributed by atoms with Crippen molar-refractivity contribution in [2.24, 2.45) is 0 Å². The monoisotopic (exact) mass is 588 g/mol. The van der Waals surface area contributed by atoms with Crippen molar-refractivity contribution < 1.29 is 27.5 Å². The van der Waals surface area contributed by atoms with Gasteiger partial charge in [0.25, 0.3) is 0 Å². The van der Waals surface area contributed by atoms with E-state index in [4.69, 9.17) is 32.7 Å². The van der Waals surface area contributed by atoms with Crippen LogP contribution in [-0.2, 0) is 19.5 Å². The van der Waals surface area contributed by atoms with Gasteiger partial charge in [0, 0.05) is 37.0 Å². The number of anilines is 1. The Bertz CT molecular complexity index is 1150. The molecule has 0 aliphatic heterocycles. The van der Waals surface area contributed by atoms with Crippen LogP contribution in [0.3, 0.4) is 0 Å². The van der Waals surface area contributed by atoms with Crippen LogP contribution in [-0.4, -0.2) is 70.9 Å². The fourth-order valence-corrected chi connectivity index (χ4v) is 5.24. The maximum absolute atomic E-state index is 12.8. The number of rotatable bonds is 14. The number of para-hydroxylation sites is 1. The van der Waals surface area contributed by atoms with Crippen LogP contribution in [0.25, 0.3) is 0 Å². The van der Waals surface area contributed by atoms with E-state index in [1.54, 1.807) is 24.3 Å². The van der Waals surface area contributed by atoms with E-state index in [-0.39, 0.29) is 41.7 Å². The molecule has 10 nitrogen and oxygen atoms in total. The fourth-order valence-electron chi connectivity index (χ4n) is 3.39. The van der Waals surface area contributed by atoms with Crippen LogP contribution < -0.4 is 15.4 Å². The van der Waals surface area contributed by atoms with Crippen molar-refractivity contribution >= 4 is 51.0 Å². The van der Waals surface area contributed by atoms with Crippen molar-refractivity contribution in [2.45, 2.75) is 43.7 Å². The van der Waals surface area contributed by atoms with E-state index in [0.717, 1.165) is 0 Å². The Morgan fingerprint density at radius 2 is 1.76 bits per heavy atom. The van der Waals surface area contributed by atoms with Crippen LogP contribution in [0.2, 0.25) is 10.0 Å². The summed E-state index contributed by atoms with van der Waals surface area (Å²) >= 11 is 11.9. The first kappa shape index (κ1) is 31.6. The molecular weight excluding hydrogens is 555 g/mol. The standard InChI is InChI=1S/C25H34Cl2N4O6S/c1-18(2)29-24(32)31(16-21(17-36-3)37-25(33)30-20-9-5-4-6-10-20)14-8-7-13-28-38(34,35)23-12-11-19(26)15-22(23)27/h4-6,9-12,15,18,21,28H,7-8,13-14,16-17H2,1-3H3,(H,29,32)(H,30,33). The predicted octanol–water partition coefficient (Wildman–Crippen LogP) is 4.74. The molecular formula is C25H34Cl2N4O6S. The predicted molar refractivity (Wildman–Crippen MR) is 148 cm³/mol. The minimum absolute atomic E-state index is 0.0296. The Balaban J connectivity index is 1.95. The highest BCUT2D eigenvalue weighted by atomic mass is 35.5. The normalized spacial score (nSPS) is 12.2. The number of unbranched alkanes of at least 4 members (excludes halogenated alkanes) is 1. The quantitative estimate of drug-likeness (QED) is 0.274. The largest absolute Gasteiger partial charge is 0.442 e. The van der Waals surface area contributed by atoms with Gasteiger partial charge < -0.3 is 19.7 Å². The van der Waals surface area contributed by atoms with Crippen molar-refractivity contribution in [1.29, 1.82) is 0 Å². The average molecular weight is 590 g/mol. The Kier molecular flexibility index (Phi) is 13.1. The van der Waals surface area contributed by atoms with Crippen LogP contribution in [0.5, 0.6) is 0 Å². The molecule has 0 heterocycles. The first-order valence-electron chi connectivity index (χ1n) is 12.0. The van der Waals surface area contributed by atoms with Gasteiger partial charge in [0.05, 0.1) is 18.2 Å². The summed E-state index contributed by atoms with van der Waals surface area (Å²) in [6.07, 6.45) is -0.469. The Hall–Kier alpha value is -2.57. The van der Waals surface area contributed by atoms with Crippen LogP contribution >= 0.6 is 23.2 Å². The number of urea groups is 1. The number of nitrogens with one attached hydrogen (secondary N) is 3. The van der Waals surface area contributed by atoms with Gasteiger partial charge in [-0.1, -0.05) is 41.4 Å². The molecule has 0 aliphatic rings. The smallest absolute Gasteiger partial charge is 0.412 e. The topological polar surface area (TPSA) is 126 Å². The molecule has 1 unspecified atom stereocenters. The van der Waals surface area contributed by atoms with E-state index in [2.05, 4.69) is 15.4 Å². The molecule has 38 heavy (non-hydrogen) atoms. The number of ether oxygens (including phenoxy) is 2. The highest BCUT2D eigenvalue weighted by Crippen LogP contribution is 2.24. The number of benzene rings is 2. The van der Waals surface area contributed by atoms with Gasteiger partial charge in [0.15, 0.2) is 0 Å². The molecule has 3 N–H and O–H groups in total. The number of amides is 3. The lowest BCUT2D eigenvalue weighted by Gasteiger charge is -2.28. The van der Waals surface area contributed by atoms with Crippen molar-refractivity contribution in [1.82, 2.24) is 14.9 Å². The van der Waals surface area contributed by atoms with Gasteiger partial charge in [-0.3, -0.25) is 5.32 Å². The Morgan fingerprint density at radius 3 is 2.39 bits per heavy atom. The molecule has 3 amide bonds. The molecule has 2 aromatic carbocycles. The number of carbonyl (C=O) groups is 2. The lowest BCUT2D eigenvalue weighted by atomic mass is 10.2. The first-order chi connectivity index (χ1) is 18.0. The molecule has 0 saturated carbocycles. The number of hydrogen-bond acceptors (Lipinski definition) is 6. The summed E-state index contributed by atoms with van der Waals surface area (Å²) in [5.41, 5.74) is 0.574. The minimum atomic E-state index is -3.82. The average Bonchev–Trinajstić information content (AvgIpc) is 2.83. The molecule has 2 rings (SSSR count). The van der Waals surface area contributed by atoms with E-state index in [0.29, 0.717) is 30.1 Å². The van der Waals surface area contributed by atoms with Gasteiger partial charge in [-0.15, -0.1) is 0 Å². The third-order valence-corrected chi connectivity index (χ3v) is 7.28.